The Hall–Kier alpha value is -1.18. The topological polar surface area (TPSA) is 17.1 Å². The Bertz CT molecular complexity index is 419. The molecular formula is C14H17FO. The molecule has 0 aliphatic heterocycles. The Morgan fingerprint density at radius 3 is 2.62 bits per heavy atom. The Labute approximate surface area is 95.7 Å². The number of rotatable bonds is 4. The summed E-state index contributed by atoms with van der Waals surface area (Å²) in [5.41, 5.74) is 2.72. The summed E-state index contributed by atoms with van der Waals surface area (Å²) in [5.74, 6) is 0.554. The molecule has 0 N–H and O–H groups in total. The Morgan fingerprint density at radius 1 is 1.31 bits per heavy atom. The molecule has 1 nitrogen and oxygen atoms in total. The van der Waals surface area contributed by atoms with Crippen molar-refractivity contribution in [2.45, 2.75) is 39.5 Å². The third-order valence-electron chi connectivity index (χ3n) is 3.29. The minimum atomic E-state index is -0.158. The van der Waals surface area contributed by atoms with E-state index >= 15 is 0 Å². The van der Waals surface area contributed by atoms with Gasteiger partial charge in [0.15, 0.2) is 0 Å². The fourth-order valence-electron chi connectivity index (χ4n) is 1.98. The van der Waals surface area contributed by atoms with Gasteiger partial charge in [0.25, 0.3) is 0 Å². The summed E-state index contributed by atoms with van der Waals surface area (Å²) in [5, 5.41) is 0. The molecular weight excluding hydrogens is 203 g/mol. The lowest BCUT2D eigenvalue weighted by Crippen LogP contribution is -2.03. The smallest absolute Gasteiger partial charge is 0.136 e. The summed E-state index contributed by atoms with van der Waals surface area (Å²) >= 11 is 0. The average molecular weight is 220 g/mol. The highest BCUT2D eigenvalue weighted by Crippen LogP contribution is 2.31. The summed E-state index contributed by atoms with van der Waals surface area (Å²) in [6.07, 6.45) is 3.50. The van der Waals surface area contributed by atoms with E-state index in [1.165, 1.54) is 0 Å². The molecule has 0 amide bonds. The van der Waals surface area contributed by atoms with E-state index in [2.05, 4.69) is 0 Å². The van der Waals surface area contributed by atoms with Gasteiger partial charge >= 0.3 is 0 Å². The molecule has 1 aromatic rings. The maximum absolute atomic E-state index is 13.2. The molecule has 16 heavy (non-hydrogen) atoms. The monoisotopic (exact) mass is 220 g/mol. The van der Waals surface area contributed by atoms with Crippen LogP contribution in [-0.2, 0) is 11.2 Å². The van der Waals surface area contributed by atoms with Crippen molar-refractivity contribution < 1.29 is 9.18 Å². The van der Waals surface area contributed by atoms with Crippen molar-refractivity contribution in [1.29, 1.82) is 0 Å². The van der Waals surface area contributed by atoms with Crippen LogP contribution in [0.3, 0.4) is 0 Å². The van der Waals surface area contributed by atoms with E-state index in [1.54, 1.807) is 13.0 Å². The summed E-state index contributed by atoms with van der Waals surface area (Å²) in [6, 6.07) is 3.43. The molecule has 0 unspecified atom stereocenters. The van der Waals surface area contributed by atoms with Gasteiger partial charge < -0.3 is 0 Å². The van der Waals surface area contributed by atoms with Crippen LogP contribution >= 0.6 is 0 Å². The van der Waals surface area contributed by atoms with Gasteiger partial charge in [0, 0.05) is 12.3 Å². The zero-order valence-electron chi connectivity index (χ0n) is 9.85. The summed E-state index contributed by atoms with van der Waals surface area (Å²) < 4.78 is 13.2. The molecule has 1 saturated carbocycles. The molecule has 0 aromatic heterocycles. The van der Waals surface area contributed by atoms with E-state index in [0.29, 0.717) is 23.7 Å². The molecule has 0 spiro atoms. The maximum atomic E-state index is 13.2. The van der Waals surface area contributed by atoms with Crippen LogP contribution in [0.1, 0.15) is 36.0 Å². The SMILES string of the molecule is Cc1cc(CCC(=O)C2CC2)c(C)cc1F. The van der Waals surface area contributed by atoms with Crippen LogP contribution in [0.4, 0.5) is 4.39 Å². The van der Waals surface area contributed by atoms with E-state index in [1.807, 2.05) is 13.0 Å². The van der Waals surface area contributed by atoms with E-state index < -0.39 is 0 Å². The minimum Gasteiger partial charge on any atom is -0.299 e. The Morgan fingerprint density at radius 2 is 2.00 bits per heavy atom. The number of ketones is 1. The van der Waals surface area contributed by atoms with Gasteiger partial charge in [-0.05, 0) is 55.9 Å². The number of hydrogen-bond acceptors (Lipinski definition) is 1. The largest absolute Gasteiger partial charge is 0.299 e. The Kier molecular flexibility index (Phi) is 3.08. The highest BCUT2D eigenvalue weighted by molar-refractivity contribution is 5.83. The number of halogens is 1. The second-order valence-electron chi connectivity index (χ2n) is 4.77. The molecule has 1 aliphatic carbocycles. The van der Waals surface area contributed by atoms with E-state index in [-0.39, 0.29) is 5.82 Å². The van der Waals surface area contributed by atoms with Crippen LogP contribution in [0.5, 0.6) is 0 Å². The van der Waals surface area contributed by atoms with E-state index in [0.717, 1.165) is 30.4 Å². The van der Waals surface area contributed by atoms with Gasteiger partial charge in [-0.1, -0.05) is 6.07 Å². The molecule has 0 atom stereocenters. The van der Waals surface area contributed by atoms with Gasteiger partial charge in [-0.25, -0.2) is 4.39 Å². The van der Waals surface area contributed by atoms with Crippen molar-refractivity contribution in [2.24, 2.45) is 5.92 Å². The second kappa shape index (κ2) is 4.36. The second-order valence-corrected chi connectivity index (χ2v) is 4.77. The van der Waals surface area contributed by atoms with Crippen molar-refractivity contribution in [3.8, 4) is 0 Å². The third kappa shape index (κ3) is 2.49. The van der Waals surface area contributed by atoms with Crippen molar-refractivity contribution in [2.75, 3.05) is 0 Å². The number of Topliss-reactive ketones (excluding diaryl/α,β-unsaturated/α-hetero) is 1. The molecule has 2 heteroatoms. The first-order valence-corrected chi connectivity index (χ1v) is 5.86. The van der Waals surface area contributed by atoms with Gasteiger partial charge in [0.2, 0.25) is 0 Å². The number of aryl methyl sites for hydroxylation is 3. The number of benzene rings is 1. The van der Waals surface area contributed by atoms with Gasteiger partial charge in [-0.15, -0.1) is 0 Å². The average Bonchev–Trinajstić information content (AvgIpc) is 3.04. The lowest BCUT2D eigenvalue weighted by Gasteiger charge is -2.07. The van der Waals surface area contributed by atoms with Crippen molar-refractivity contribution in [1.82, 2.24) is 0 Å². The maximum Gasteiger partial charge on any atom is 0.136 e. The standard InChI is InChI=1S/C14H17FO/c1-9-8-13(15)10(2)7-12(9)5-6-14(16)11-3-4-11/h7-8,11H,3-6H2,1-2H3. The lowest BCUT2D eigenvalue weighted by molar-refractivity contribution is -0.120. The molecule has 2 rings (SSSR count). The molecule has 0 heterocycles. The summed E-state index contributed by atoms with van der Waals surface area (Å²) in [7, 11) is 0. The Balaban J connectivity index is 2.03. The van der Waals surface area contributed by atoms with E-state index in [4.69, 9.17) is 0 Å². The predicted molar refractivity (Wildman–Crippen MR) is 61.9 cm³/mol. The first-order chi connectivity index (χ1) is 7.58. The normalized spacial score (nSPS) is 15.2. The molecule has 0 saturated heterocycles. The van der Waals surface area contributed by atoms with Gasteiger partial charge in [-0.2, -0.15) is 0 Å². The quantitative estimate of drug-likeness (QED) is 0.760. The van der Waals surface area contributed by atoms with Gasteiger partial charge in [0.1, 0.15) is 11.6 Å². The van der Waals surface area contributed by atoms with Gasteiger partial charge in [-0.3, -0.25) is 4.79 Å². The molecule has 86 valence electrons. The van der Waals surface area contributed by atoms with Crippen molar-refractivity contribution >= 4 is 5.78 Å². The van der Waals surface area contributed by atoms with E-state index in [9.17, 15) is 9.18 Å². The van der Waals surface area contributed by atoms with Crippen LogP contribution in [0, 0.1) is 25.6 Å². The van der Waals surface area contributed by atoms with Gasteiger partial charge in [0.05, 0.1) is 0 Å². The minimum absolute atomic E-state index is 0.158. The summed E-state index contributed by atoms with van der Waals surface area (Å²) in [4.78, 5) is 11.6. The van der Waals surface area contributed by atoms with Crippen molar-refractivity contribution in [3.63, 3.8) is 0 Å². The summed E-state index contributed by atoms with van der Waals surface area (Å²) in [6.45, 7) is 3.67. The highest BCUT2D eigenvalue weighted by atomic mass is 19.1. The van der Waals surface area contributed by atoms with Crippen LogP contribution in [0.2, 0.25) is 0 Å². The predicted octanol–water partition coefficient (Wildman–Crippen LogP) is 3.35. The van der Waals surface area contributed by atoms with Crippen LogP contribution < -0.4 is 0 Å². The molecule has 1 fully saturated rings. The van der Waals surface area contributed by atoms with Crippen molar-refractivity contribution in [3.05, 3.63) is 34.6 Å². The van der Waals surface area contributed by atoms with Crippen LogP contribution in [0.25, 0.3) is 0 Å². The fourth-order valence-corrected chi connectivity index (χ4v) is 1.98. The third-order valence-corrected chi connectivity index (χ3v) is 3.29. The lowest BCUT2D eigenvalue weighted by atomic mass is 9.99. The molecule has 0 bridgehead atoms. The highest BCUT2D eigenvalue weighted by Gasteiger charge is 2.28. The molecule has 1 aromatic carbocycles. The number of hydrogen-bond donors (Lipinski definition) is 0. The first kappa shape index (κ1) is 11.3. The first-order valence-electron chi connectivity index (χ1n) is 5.86. The fraction of sp³-hybridized carbons (Fsp3) is 0.500. The zero-order valence-corrected chi connectivity index (χ0v) is 9.85. The number of carbonyl (C=O) groups is 1. The van der Waals surface area contributed by atoms with Crippen LogP contribution in [-0.4, -0.2) is 5.78 Å². The number of carbonyl (C=O) groups excluding carboxylic acids is 1. The molecule has 0 radical (unpaired) electrons. The molecule has 1 aliphatic rings. The zero-order chi connectivity index (χ0) is 11.7. The van der Waals surface area contributed by atoms with Crippen LogP contribution in [0.15, 0.2) is 12.1 Å².